The summed E-state index contributed by atoms with van der Waals surface area (Å²) in [7, 11) is -2.34. The van der Waals surface area contributed by atoms with Crippen LogP contribution in [0, 0.1) is 11.3 Å². The number of rotatable bonds is 3. The van der Waals surface area contributed by atoms with Gasteiger partial charge in [-0.3, -0.25) is 9.69 Å². The predicted molar refractivity (Wildman–Crippen MR) is 79.7 cm³/mol. The van der Waals surface area contributed by atoms with E-state index < -0.39 is 9.73 Å². The highest BCUT2D eigenvalue weighted by Gasteiger charge is 2.64. The molecule has 108 valence electrons. The van der Waals surface area contributed by atoms with Crippen molar-refractivity contribution in [1.29, 1.82) is 0 Å². The molecule has 2 fully saturated rings. The first-order chi connectivity index (χ1) is 9.39. The van der Waals surface area contributed by atoms with E-state index in [9.17, 15) is 9.00 Å². The standard InChI is InChI=1S/C15H20N2O2S/c1-20(2,19)16-14(18)15-8-13(15)10-17(11-15)9-12-6-4-3-5-7-12/h3-7,13H,8-11H2,1-2H3/t13-,15-/m0/s1. The summed E-state index contributed by atoms with van der Waals surface area (Å²) >= 11 is 0. The van der Waals surface area contributed by atoms with E-state index in [2.05, 4.69) is 21.4 Å². The first-order valence-corrected chi connectivity index (χ1v) is 9.20. The molecule has 2 atom stereocenters. The topological polar surface area (TPSA) is 49.7 Å². The van der Waals surface area contributed by atoms with E-state index in [1.54, 1.807) is 0 Å². The second-order valence-corrected chi connectivity index (χ2v) is 8.84. The van der Waals surface area contributed by atoms with E-state index in [1.165, 1.54) is 18.1 Å². The minimum atomic E-state index is -2.34. The number of likely N-dealkylation sites (tertiary alicyclic amines) is 1. The number of nitrogens with zero attached hydrogens (tertiary/aromatic N) is 2. The lowest BCUT2D eigenvalue weighted by Crippen LogP contribution is -2.28. The van der Waals surface area contributed by atoms with Gasteiger partial charge >= 0.3 is 0 Å². The average Bonchev–Trinajstić information content (AvgIpc) is 2.92. The molecule has 1 heterocycles. The number of carbonyl (C=O) groups excluding carboxylic acids is 1. The minimum absolute atomic E-state index is 0.145. The molecule has 1 aromatic rings. The fourth-order valence-corrected chi connectivity index (χ4v) is 3.75. The summed E-state index contributed by atoms with van der Waals surface area (Å²) in [5, 5.41) is 0. The smallest absolute Gasteiger partial charge is 0.261 e. The molecule has 20 heavy (non-hydrogen) atoms. The lowest BCUT2D eigenvalue weighted by Gasteiger charge is -2.19. The van der Waals surface area contributed by atoms with E-state index >= 15 is 0 Å². The van der Waals surface area contributed by atoms with Crippen LogP contribution in [0.4, 0.5) is 0 Å². The minimum Gasteiger partial charge on any atom is -0.298 e. The van der Waals surface area contributed by atoms with Crippen molar-refractivity contribution in [2.45, 2.75) is 13.0 Å². The fraction of sp³-hybridized carbons (Fsp3) is 0.533. The molecule has 0 unspecified atom stereocenters. The van der Waals surface area contributed by atoms with Crippen LogP contribution >= 0.6 is 0 Å². The van der Waals surface area contributed by atoms with Crippen molar-refractivity contribution >= 4 is 15.6 Å². The summed E-state index contributed by atoms with van der Waals surface area (Å²) in [5.74, 6) is 0.261. The Balaban J connectivity index is 1.69. The maximum absolute atomic E-state index is 12.2. The van der Waals surface area contributed by atoms with E-state index in [0.717, 1.165) is 26.1 Å². The Labute approximate surface area is 120 Å². The van der Waals surface area contributed by atoms with Gasteiger partial charge in [0.25, 0.3) is 5.91 Å². The highest BCUT2D eigenvalue weighted by Crippen LogP contribution is 2.58. The molecular weight excluding hydrogens is 272 g/mol. The first kappa shape index (κ1) is 13.8. The number of piperidine rings is 1. The van der Waals surface area contributed by atoms with Gasteiger partial charge in [0.05, 0.1) is 5.41 Å². The molecule has 1 aliphatic carbocycles. The SMILES string of the molecule is CS(C)(=O)=NC(=O)[C@]12C[C@H]1CN(Cc1ccccc1)C2. The number of hydrogen-bond donors (Lipinski definition) is 0. The van der Waals surface area contributed by atoms with Gasteiger partial charge in [-0.15, -0.1) is 0 Å². The van der Waals surface area contributed by atoms with Crippen LogP contribution in [-0.2, 0) is 21.1 Å². The van der Waals surface area contributed by atoms with Crippen molar-refractivity contribution in [3.05, 3.63) is 35.9 Å². The summed E-state index contributed by atoms with van der Waals surface area (Å²) < 4.78 is 15.6. The van der Waals surface area contributed by atoms with Crippen molar-refractivity contribution in [1.82, 2.24) is 4.90 Å². The van der Waals surface area contributed by atoms with Gasteiger partial charge in [-0.25, -0.2) is 4.21 Å². The Morgan fingerprint density at radius 3 is 2.75 bits per heavy atom. The van der Waals surface area contributed by atoms with E-state index in [-0.39, 0.29) is 11.3 Å². The molecule has 4 nitrogen and oxygen atoms in total. The van der Waals surface area contributed by atoms with Gasteiger partial charge in [-0.1, -0.05) is 30.3 Å². The van der Waals surface area contributed by atoms with E-state index in [4.69, 9.17) is 0 Å². The summed E-state index contributed by atoms with van der Waals surface area (Å²) in [4.78, 5) is 14.6. The molecule has 1 aliphatic heterocycles. The molecule has 5 heteroatoms. The summed E-state index contributed by atoms with van der Waals surface area (Å²) in [6.07, 6.45) is 3.96. The molecule has 1 saturated heterocycles. The van der Waals surface area contributed by atoms with E-state index in [0.29, 0.717) is 5.92 Å². The van der Waals surface area contributed by atoms with Gasteiger partial charge in [-0.05, 0) is 17.9 Å². The summed E-state index contributed by atoms with van der Waals surface area (Å²) in [6.45, 7) is 2.58. The second kappa shape index (κ2) is 4.67. The number of amides is 1. The molecular formula is C15H20N2O2S. The quantitative estimate of drug-likeness (QED) is 0.853. The zero-order valence-electron chi connectivity index (χ0n) is 11.9. The number of fused-ring (bicyclic) bond motifs is 1. The Hall–Kier alpha value is -1.20. The van der Waals surface area contributed by atoms with E-state index in [1.807, 2.05) is 18.2 Å². The Morgan fingerprint density at radius 2 is 2.10 bits per heavy atom. The number of benzene rings is 1. The second-order valence-electron chi connectivity index (χ2n) is 6.29. The summed E-state index contributed by atoms with van der Waals surface area (Å²) in [5.41, 5.74) is 0.937. The monoisotopic (exact) mass is 292 g/mol. The normalized spacial score (nSPS) is 29.0. The van der Waals surface area contributed by atoms with Crippen LogP contribution in [0.2, 0.25) is 0 Å². The van der Waals surface area contributed by atoms with Gasteiger partial charge in [0, 0.05) is 41.9 Å². The lowest BCUT2D eigenvalue weighted by atomic mass is 10.1. The Kier molecular flexibility index (Phi) is 3.21. The largest absolute Gasteiger partial charge is 0.298 e. The van der Waals surface area contributed by atoms with Crippen LogP contribution in [0.5, 0.6) is 0 Å². The van der Waals surface area contributed by atoms with Crippen LogP contribution in [0.3, 0.4) is 0 Å². The molecule has 0 N–H and O–H groups in total. The van der Waals surface area contributed by atoms with Crippen LogP contribution < -0.4 is 0 Å². The number of hydrogen-bond acceptors (Lipinski definition) is 3. The van der Waals surface area contributed by atoms with Crippen molar-refractivity contribution < 1.29 is 9.00 Å². The van der Waals surface area contributed by atoms with Gasteiger partial charge in [0.15, 0.2) is 0 Å². The number of carbonyl (C=O) groups is 1. The third-order valence-corrected chi connectivity index (χ3v) is 4.80. The predicted octanol–water partition coefficient (Wildman–Crippen LogP) is 1.76. The molecule has 0 bridgehead atoms. The van der Waals surface area contributed by atoms with Crippen LogP contribution in [0.1, 0.15) is 12.0 Å². The highest BCUT2D eigenvalue weighted by atomic mass is 32.2. The molecule has 2 aliphatic rings. The third kappa shape index (κ3) is 2.65. The van der Waals surface area contributed by atoms with Gasteiger partial charge in [0.1, 0.15) is 0 Å². The van der Waals surface area contributed by atoms with Crippen LogP contribution in [0.15, 0.2) is 34.7 Å². The van der Waals surface area contributed by atoms with Crippen LogP contribution in [0.25, 0.3) is 0 Å². The molecule has 1 aromatic carbocycles. The summed E-state index contributed by atoms with van der Waals surface area (Å²) in [6, 6.07) is 10.3. The maximum atomic E-state index is 12.2. The zero-order chi connectivity index (χ0) is 14.4. The fourth-order valence-electron chi connectivity index (χ4n) is 3.17. The maximum Gasteiger partial charge on any atom is 0.261 e. The molecule has 1 saturated carbocycles. The molecule has 3 rings (SSSR count). The lowest BCUT2D eigenvalue weighted by molar-refractivity contribution is -0.122. The molecule has 0 spiro atoms. The van der Waals surface area contributed by atoms with Gasteiger partial charge in [0.2, 0.25) is 0 Å². The molecule has 1 amide bonds. The Morgan fingerprint density at radius 1 is 1.40 bits per heavy atom. The van der Waals surface area contributed by atoms with Crippen molar-refractivity contribution in [2.75, 3.05) is 25.6 Å². The first-order valence-electron chi connectivity index (χ1n) is 6.87. The molecule has 0 aromatic heterocycles. The van der Waals surface area contributed by atoms with Crippen molar-refractivity contribution in [2.24, 2.45) is 15.7 Å². The Bertz CT molecular complexity index is 641. The van der Waals surface area contributed by atoms with Crippen molar-refractivity contribution in [3.8, 4) is 0 Å². The van der Waals surface area contributed by atoms with Gasteiger partial charge in [-0.2, -0.15) is 4.36 Å². The highest BCUT2D eigenvalue weighted by molar-refractivity contribution is 7.92. The third-order valence-electron chi connectivity index (χ3n) is 4.19. The zero-order valence-corrected chi connectivity index (χ0v) is 12.7. The van der Waals surface area contributed by atoms with Gasteiger partial charge < -0.3 is 0 Å². The molecule has 0 radical (unpaired) electrons. The van der Waals surface area contributed by atoms with Crippen LogP contribution in [-0.4, -0.2) is 40.6 Å². The average molecular weight is 292 g/mol. The van der Waals surface area contributed by atoms with Crippen molar-refractivity contribution in [3.63, 3.8) is 0 Å².